The van der Waals surface area contributed by atoms with E-state index in [2.05, 4.69) is 32.7 Å². The molecule has 1 spiro atoms. The van der Waals surface area contributed by atoms with Crippen molar-refractivity contribution in [2.24, 2.45) is 10.4 Å². The van der Waals surface area contributed by atoms with E-state index >= 15 is 0 Å². The molecule has 1 unspecified atom stereocenters. The number of benzene rings is 1. The van der Waals surface area contributed by atoms with Crippen molar-refractivity contribution in [3.05, 3.63) is 41.4 Å². The largest absolute Gasteiger partial charge is 0.381 e. The fourth-order valence-corrected chi connectivity index (χ4v) is 4.52. The summed E-state index contributed by atoms with van der Waals surface area (Å²) in [7, 11) is 1.86. The molecule has 1 N–H and O–H groups in total. The van der Waals surface area contributed by atoms with Crippen molar-refractivity contribution >= 4 is 41.3 Å². The van der Waals surface area contributed by atoms with Crippen molar-refractivity contribution in [2.45, 2.75) is 19.4 Å². The lowest BCUT2D eigenvalue weighted by Crippen LogP contribution is -2.41. The zero-order valence-corrected chi connectivity index (χ0v) is 18.1. The molecule has 1 atom stereocenters. The molecule has 26 heavy (non-hydrogen) atoms. The molecule has 2 fully saturated rings. The van der Waals surface area contributed by atoms with Crippen molar-refractivity contribution < 1.29 is 4.74 Å². The molecule has 2 saturated heterocycles. The number of hydrogen-bond acceptors (Lipinski definition) is 4. The number of likely N-dealkylation sites (tertiary alicyclic amines) is 1. The van der Waals surface area contributed by atoms with Crippen molar-refractivity contribution in [3.63, 3.8) is 0 Å². The molecular weight excluding hydrogens is 459 g/mol. The van der Waals surface area contributed by atoms with Gasteiger partial charge in [0.05, 0.1) is 18.8 Å². The third kappa shape index (κ3) is 4.20. The Bertz CT molecular complexity index is 743. The predicted molar refractivity (Wildman–Crippen MR) is 117 cm³/mol. The lowest BCUT2D eigenvalue weighted by Gasteiger charge is -2.24. The summed E-state index contributed by atoms with van der Waals surface area (Å²) in [5, 5.41) is 6.67. The fourth-order valence-electron chi connectivity index (χ4n) is 3.69. The smallest absolute Gasteiger partial charge is 0.193 e. The van der Waals surface area contributed by atoms with Gasteiger partial charge < -0.3 is 15.0 Å². The van der Waals surface area contributed by atoms with Crippen molar-refractivity contribution in [1.82, 2.24) is 15.2 Å². The highest BCUT2D eigenvalue weighted by Gasteiger charge is 2.42. The van der Waals surface area contributed by atoms with Crippen LogP contribution in [0.25, 0.3) is 10.6 Å². The number of ether oxygens (including phenoxy) is 1. The highest BCUT2D eigenvalue weighted by Crippen LogP contribution is 2.38. The second-order valence-corrected chi connectivity index (χ2v) is 7.74. The zero-order valence-electron chi connectivity index (χ0n) is 15.0. The first kappa shape index (κ1) is 19.6. The number of halogens is 1. The molecule has 2 aliphatic rings. The monoisotopic (exact) mass is 484 g/mol. The van der Waals surface area contributed by atoms with Gasteiger partial charge in [0, 0.05) is 43.1 Å². The Morgan fingerprint density at radius 2 is 2.19 bits per heavy atom. The van der Waals surface area contributed by atoms with Gasteiger partial charge in [-0.3, -0.25) is 4.99 Å². The minimum Gasteiger partial charge on any atom is -0.381 e. The van der Waals surface area contributed by atoms with Gasteiger partial charge in [-0.2, -0.15) is 0 Å². The fraction of sp³-hybridized carbons (Fsp3) is 0.474. The molecule has 2 aliphatic heterocycles. The van der Waals surface area contributed by atoms with Crippen LogP contribution in [0.15, 0.2) is 40.7 Å². The first-order chi connectivity index (χ1) is 12.3. The van der Waals surface area contributed by atoms with Gasteiger partial charge in [-0.05, 0) is 12.8 Å². The number of nitrogens with one attached hydrogen (secondary N) is 1. The number of aromatic nitrogens is 1. The third-order valence-corrected chi connectivity index (χ3v) is 6.07. The first-order valence-corrected chi connectivity index (χ1v) is 9.69. The molecule has 7 heteroatoms. The van der Waals surface area contributed by atoms with Crippen LogP contribution in [0.3, 0.4) is 0 Å². The molecule has 0 radical (unpaired) electrons. The highest BCUT2D eigenvalue weighted by atomic mass is 127. The number of guanidine groups is 1. The topological polar surface area (TPSA) is 49.8 Å². The molecule has 3 heterocycles. The van der Waals surface area contributed by atoms with Crippen LogP contribution in [0, 0.1) is 5.41 Å². The van der Waals surface area contributed by atoms with Crippen LogP contribution < -0.4 is 5.32 Å². The van der Waals surface area contributed by atoms with Gasteiger partial charge in [-0.15, -0.1) is 35.3 Å². The van der Waals surface area contributed by atoms with E-state index in [9.17, 15) is 0 Å². The number of aliphatic imine (C=N–C) groups is 1. The van der Waals surface area contributed by atoms with E-state index in [1.807, 2.05) is 25.2 Å². The number of hydrogen-bond donors (Lipinski definition) is 1. The standard InChI is InChI=1S/C19H24N4OS.HI/c1-20-18(23-9-7-19(13-23)8-10-24-14-19)21-11-16-12-25-17(22-16)15-5-3-2-4-6-15;/h2-6,12H,7-11,13-14H2,1H3,(H,20,21);1H. The molecule has 0 bridgehead atoms. The summed E-state index contributed by atoms with van der Waals surface area (Å²) in [4.78, 5) is 11.6. The second-order valence-electron chi connectivity index (χ2n) is 6.88. The average Bonchev–Trinajstić information content (AvgIpc) is 3.39. The minimum atomic E-state index is 0. The summed E-state index contributed by atoms with van der Waals surface area (Å²) in [5.74, 6) is 0.970. The molecule has 1 aromatic carbocycles. The molecule has 140 valence electrons. The number of thiazole rings is 1. The summed E-state index contributed by atoms with van der Waals surface area (Å²) in [5.41, 5.74) is 2.58. The highest BCUT2D eigenvalue weighted by molar-refractivity contribution is 14.0. The first-order valence-electron chi connectivity index (χ1n) is 8.81. The summed E-state index contributed by atoms with van der Waals surface area (Å²) in [6.45, 7) is 4.60. The lowest BCUT2D eigenvalue weighted by atomic mass is 9.87. The molecule has 0 aliphatic carbocycles. The summed E-state index contributed by atoms with van der Waals surface area (Å²) >= 11 is 1.69. The van der Waals surface area contributed by atoms with Gasteiger partial charge in [0.15, 0.2) is 5.96 Å². The predicted octanol–water partition coefficient (Wildman–Crippen LogP) is 3.62. The van der Waals surface area contributed by atoms with Gasteiger partial charge in [0.2, 0.25) is 0 Å². The van der Waals surface area contributed by atoms with E-state index in [0.29, 0.717) is 12.0 Å². The van der Waals surface area contributed by atoms with Crippen LogP contribution in [0.2, 0.25) is 0 Å². The Kier molecular flexibility index (Phi) is 6.52. The number of nitrogens with zero attached hydrogens (tertiary/aromatic N) is 3. The molecule has 2 aromatic rings. The van der Waals surface area contributed by atoms with Crippen molar-refractivity contribution in [1.29, 1.82) is 0 Å². The molecule has 0 amide bonds. The van der Waals surface area contributed by atoms with Crippen LogP contribution in [0.5, 0.6) is 0 Å². The molecule has 1 aromatic heterocycles. The maximum atomic E-state index is 5.62. The second kappa shape index (κ2) is 8.67. The van der Waals surface area contributed by atoms with E-state index in [-0.39, 0.29) is 24.0 Å². The normalized spacial score (nSPS) is 22.7. The summed E-state index contributed by atoms with van der Waals surface area (Å²) in [6.07, 6.45) is 2.37. The van der Waals surface area contributed by atoms with E-state index in [1.54, 1.807) is 11.3 Å². The van der Waals surface area contributed by atoms with Crippen LogP contribution in [-0.2, 0) is 11.3 Å². The Labute approximate surface area is 175 Å². The van der Waals surface area contributed by atoms with E-state index in [1.165, 1.54) is 18.4 Å². The summed E-state index contributed by atoms with van der Waals surface area (Å²) < 4.78 is 5.62. The van der Waals surface area contributed by atoms with Crippen LogP contribution in [0.1, 0.15) is 18.5 Å². The minimum absolute atomic E-state index is 0. The van der Waals surface area contributed by atoms with Crippen LogP contribution >= 0.6 is 35.3 Å². The Hall–Kier alpha value is -1.19. The van der Waals surface area contributed by atoms with Gasteiger partial charge in [-0.25, -0.2) is 4.98 Å². The quantitative estimate of drug-likeness (QED) is 0.411. The van der Waals surface area contributed by atoms with Gasteiger partial charge in [0.1, 0.15) is 5.01 Å². The molecule has 0 saturated carbocycles. The Morgan fingerprint density at radius 3 is 2.92 bits per heavy atom. The van der Waals surface area contributed by atoms with Gasteiger partial charge in [0.25, 0.3) is 0 Å². The maximum Gasteiger partial charge on any atom is 0.193 e. The molecule has 5 nitrogen and oxygen atoms in total. The SMILES string of the molecule is CN=C(NCc1csc(-c2ccccc2)n1)N1CCC2(CCOC2)C1.I. The van der Waals surface area contributed by atoms with Gasteiger partial charge >= 0.3 is 0 Å². The third-order valence-electron chi connectivity index (χ3n) is 5.13. The molecule has 4 rings (SSSR count). The van der Waals surface area contributed by atoms with E-state index in [4.69, 9.17) is 9.72 Å². The lowest BCUT2D eigenvalue weighted by molar-refractivity contribution is 0.156. The maximum absolute atomic E-state index is 5.62. The van der Waals surface area contributed by atoms with E-state index < -0.39 is 0 Å². The summed E-state index contributed by atoms with van der Waals surface area (Å²) in [6, 6.07) is 10.3. The zero-order chi connectivity index (χ0) is 17.1. The van der Waals surface area contributed by atoms with Crippen molar-refractivity contribution in [3.8, 4) is 10.6 Å². The average molecular weight is 484 g/mol. The number of rotatable bonds is 3. The van der Waals surface area contributed by atoms with Crippen LogP contribution in [-0.4, -0.2) is 49.2 Å². The molecular formula is C19H25IN4OS. The van der Waals surface area contributed by atoms with Crippen LogP contribution in [0.4, 0.5) is 0 Å². The van der Waals surface area contributed by atoms with Gasteiger partial charge in [-0.1, -0.05) is 30.3 Å². The van der Waals surface area contributed by atoms with Crippen molar-refractivity contribution in [2.75, 3.05) is 33.4 Å². The Morgan fingerprint density at radius 1 is 1.35 bits per heavy atom. The van der Waals surface area contributed by atoms with E-state index in [0.717, 1.165) is 43.0 Å². The Balaban J connectivity index is 0.00000196.